The average Bonchev–Trinajstić information content (AvgIpc) is 3.32. The summed E-state index contributed by atoms with van der Waals surface area (Å²) in [5, 5.41) is 9.63. The summed E-state index contributed by atoms with van der Waals surface area (Å²) in [5.74, 6) is 1.16. The Morgan fingerprint density at radius 3 is 2.85 bits per heavy atom. The molecule has 0 saturated carbocycles. The third-order valence-electron chi connectivity index (χ3n) is 4.91. The molecule has 1 aliphatic heterocycles. The molecule has 0 bridgehead atoms. The predicted octanol–water partition coefficient (Wildman–Crippen LogP) is 2.59. The SMILES string of the molecule is N#Cc1c(CN(Cc2ccco2)[C@@H]2CCS(=O)(=O)C2)cn2ccccc12. The van der Waals surface area contributed by atoms with E-state index in [0.717, 1.165) is 16.8 Å². The Kier molecular flexibility index (Phi) is 4.31. The first kappa shape index (κ1) is 16.9. The Bertz CT molecular complexity index is 1060. The van der Waals surface area contributed by atoms with E-state index < -0.39 is 9.84 Å². The van der Waals surface area contributed by atoms with Crippen LogP contribution in [0.1, 0.15) is 23.3 Å². The van der Waals surface area contributed by atoms with Gasteiger partial charge in [0, 0.05) is 30.5 Å². The van der Waals surface area contributed by atoms with Gasteiger partial charge in [-0.15, -0.1) is 0 Å². The lowest BCUT2D eigenvalue weighted by Gasteiger charge is -2.27. The van der Waals surface area contributed by atoms with Crippen LogP contribution in [0, 0.1) is 11.3 Å². The van der Waals surface area contributed by atoms with Crippen molar-refractivity contribution < 1.29 is 12.8 Å². The van der Waals surface area contributed by atoms with Gasteiger partial charge >= 0.3 is 0 Å². The number of nitriles is 1. The standard InChI is InChI=1S/C19H19N3O3S/c20-10-18-15(11-21-7-2-1-5-19(18)21)12-22(13-17-4-3-8-25-17)16-6-9-26(23,24)14-16/h1-5,7-8,11,16H,6,9,12-14H2/t16-/m1/s1. The highest BCUT2D eigenvalue weighted by Crippen LogP contribution is 2.25. The van der Waals surface area contributed by atoms with Crippen LogP contribution in [0.25, 0.3) is 5.52 Å². The molecule has 1 aliphatic rings. The average molecular weight is 369 g/mol. The van der Waals surface area contributed by atoms with E-state index in [1.54, 1.807) is 6.26 Å². The molecule has 3 aromatic rings. The van der Waals surface area contributed by atoms with Crippen molar-refractivity contribution in [3.63, 3.8) is 0 Å². The molecule has 4 rings (SSSR count). The summed E-state index contributed by atoms with van der Waals surface area (Å²) in [6.07, 6.45) is 6.09. The molecule has 0 amide bonds. The van der Waals surface area contributed by atoms with Crippen LogP contribution in [0.5, 0.6) is 0 Å². The zero-order valence-corrected chi connectivity index (χ0v) is 15.0. The van der Waals surface area contributed by atoms with Gasteiger partial charge in [-0.25, -0.2) is 8.42 Å². The van der Waals surface area contributed by atoms with Crippen LogP contribution < -0.4 is 0 Å². The molecular formula is C19H19N3O3S. The Labute approximate surface area is 152 Å². The third kappa shape index (κ3) is 3.26. The Morgan fingerprint density at radius 2 is 2.15 bits per heavy atom. The summed E-state index contributed by atoms with van der Waals surface area (Å²) in [6, 6.07) is 11.7. The van der Waals surface area contributed by atoms with Crippen LogP contribution in [0.4, 0.5) is 0 Å². The Balaban J connectivity index is 1.67. The first-order valence-electron chi connectivity index (χ1n) is 8.51. The van der Waals surface area contributed by atoms with E-state index in [1.807, 2.05) is 47.1 Å². The van der Waals surface area contributed by atoms with Crippen molar-refractivity contribution >= 4 is 15.4 Å². The number of furan rings is 1. The van der Waals surface area contributed by atoms with Crippen LogP contribution in [0.3, 0.4) is 0 Å². The van der Waals surface area contributed by atoms with Crippen molar-refractivity contribution in [3.05, 3.63) is 65.9 Å². The lowest BCUT2D eigenvalue weighted by molar-refractivity contribution is 0.179. The van der Waals surface area contributed by atoms with E-state index in [2.05, 4.69) is 11.0 Å². The zero-order chi connectivity index (χ0) is 18.1. The third-order valence-corrected chi connectivity index (χ3v) is 6.66. The van der Waals surface area contributed by atoms with Crippen LogP contribution >= 0.6 is 0 Å². The second kappa shape index (κ2) is 6.63. The highest BCUT2D eigenvalue weighted by atomic mass is 32.2. The number of hydrogen-bond acceptors (Lipinski definition) is 5. The summed E-state index contributed by atoms with van der Waals surface area (Å²) in [6.45, 7) is 1.02. The van der Waals surface area contributed by atoms with Gasteiger partial charge in [0.2, 0.25) is 0 Å². The Morgan fingerprint density at radius 1 is 1.27 bits per heavy atom. The van der Waals surface area contributed by atoms with Crippen LogP contribution in [-0.4, -0.2) is 35.3 Å². The molecule has 0 N–H and O–H groups in total. The largest absolute Gasteiger partial charge is 0.468 e. The minimum absolute atomic E-state index is 0.0698. The number of sulfone groups is 1. The number of fused-ring (bicyclic) bond motifs is 1. The quantitative estimate of drug-likeness (QED) is 0.691. The lowest BCUT2D eigenvalue weighted by atomic mass is 10.1. The normalized spacial score (nSPS) is 19.2. The number of rotatable bonds is 5. The number of aromatic nitrogens is 1. The summed E-state index contributed by atoms with van der Waals surface area (Å²) in [7, 11) is -2.99. The van der Waals surface area contributed by atoms with Crippen molar-refractivity contribution in [1.82, 2.24) is 9.30 Å². The Hall–Kier alpha value is -2.56. The molecule has 26 heavy (non-hydrogen) atoms. The second-order valence-corrected chi connectivity index (χ2v) is 8.90. The van der Waals surface area contributed by atoms with E-state index in [0.29, 0.717) is 25.1 Å². The first-order valence-corrected chi connectivity index (χ1v) is 10.3. The van der Waals surface area contributed by atoms with E-state index >= 15 is 0 Å². The molecule has 4 heterocycles. The fourth-order valence-corrected chi connectivity index (χ4v) is 5.39. The van der Waals surface area contributed by atoms with E-state index in [4.69, 9.17) is 4.42 Å². The van der Waals surface area contributed by atoms with Crippen LogP contribution in [-0.2, 0) is 22.9 Å². The molecule has 0 spiro atoms. The van der Waals surface area contributed by atoms with Crippen molar-refractivity contribution in [1.29, 1.82) is 5.26 Å². The van der Waals surface area contributed by atoms with Crippen molar-refractivity contribution in [3.8, 4) is 6.07 Å². The minimum Gasteiger partial charge on any atom is -0.468 e. The van der Waals surface area contributed by atoms with E-state index in [1.165, 1.54) is 0 Å². The smallest absolute Gasteiger partial charge is 0.151 e. The van der Waals surface area contributed by atoms with Gasteiger partial charge in [0.15, 0.2) is 9.84 Å². The van der Waals surface area contributed by atoms with Gasteiger partial charge in [-0.2, -0.15) is 5.26 Å². The van der Waals surface area contributed by atoms with Gasteiger partial charge in [-0.1, -0.05) is 6.07 Å². The maximum atomic E-state index is 12.0. The van der Waals surface area contributed by atoms with Gasteiger partial charge in [0.1, 0.15) is 11.8 Å². The summed E-state index contributed by atoms with van der Waals surface area (Å²) >= 11 is 0. The van der Waals surface area contributed by atoms with Gasteiger partial charge in [0.25, 0.3) is 0 Å². The molecule has 134 valence electrons. The molecule has 7 heteroatoms. The molecule has 1 saturated heterocycles. The van der Waals surface area contributed by atoms with Gasteiger partial charge in [-0.3, -0.25) is 4.90 Å². The number of hydrogen-bond donors (Lipinski definition) is 0. The summed E-state index contributed by atoms with van der Waals surface area (Å²) in [5.41, 5.74) is 2.40. The minimum atomic E-state index is -2.99. The van der Waals surface area contributed by atoms with Crippen LogP contribution in [0.2, 0.25) is 0 Å². The first-order chi connectivity index (χ1) is 12.6. The molecule has 0 aromatic carbocycles. The molecule has 1 fully saturated rings. The van der Waals surface area contributed by atoms with Gasteiger partial charge in [-0.05, 0) is 30.7 Å². The molecule has 0 unspecified atom stereocenters. The fraction of sp³-hybridized carbons (Fsp3) is 0.316. The van der Waals surface area contributed by atoms with Gasteiger partial charge in [0.05, 0.1) is 35.4 Å². The molecule has 0 aliphatic carbocycles. The molecule has 6 nitrogen and oxygen atoms in total. The molecule has 0 radical (unpaired) electrons. The number of pyridine rings is 1. The molecular weight excluding hydrogens is 350 g/mol. The second-order valence-electron chi connectivity index (χ2n) is 6.68. The summed E-state index contributed by atoms with van der Waals surface area (Å²) < 4.78 is 31.3. The fourth-order valence-electron chi connectivity index (χ4n) is 3.63. The molecule has 3 aromatic heterocycles. The monoisotopic (exact) mass is 369 g/mol. The van der Waals surface area contributed by atoms with Crippen molar-refractivity contribution in [2.75, 3.05) is 11.5 Å². The molecule has 1 atom stereocenters. The van der Waals surface area contributed by atoms with Gasteiger partial charge < -0.3 is 8.82 Å². The predicted molar refractivity (Wildman–Crippen MR) is 97.1 cm³/mol. The number of nitrogens with zero attached hydrogens (tertiary/aromatic N) is 3. The highest BCUT2D eigenvalue weighted by Gasteiger charge is 2.33. The summed E-state index contributed by atoms with van der Waals surface area (Å²) in [4.78, 5) is 2.11. The highest BCUT2D eigenvalue weighted by molar-refractivity contribution is 7.91. The maximum Gasteiger partial charge on any atom is 0.151 e. The van der Waals surface area contributed by atoms with E-state index in [-0.39, 0.29) is 17.5 Å². The maximum absolute atomic E-state index is 12.0. The zero-order valence-electron chi connectivity index (χ0n) is 14.2. The topological polar surface area (TPSA) is 78.7 Å². The lowest BCUT2D eigenvalue weighted by Crippen LogP contribution is -2.35. The van der Waals surface area contributed by atoms with Crippen LogP contribution in [0.15, 0.2) is 53.4 Å². The van der Waals surface area contributed by atoms with Crippen molar-refractivity contribution in [2.24, 2.45) is 0 Å². The van der Waals surface area contributed by atoms with E-state index in [9.17, 15) is 13.7 Å². The van der Waals surface area contributed by atoms with Crippen molar-refractivity contribution in [2.45, 2.75) is 25.6 Å².